The second kappa shape index (κ2) is 5.74. The third-order valence-electron chi connectivity index (χ3n) is 6.15. The molecule has 4 rings (SSSR count). The third-order valence-corrected chi connectivity index (χ3v) is 6.15. The molecule has 1 saturated carbocycles. The Labute approximate surface area is 132 Å². The maximum absolute atomic E-state index is 12.5. The van der Waals surface area contributed by atoms with Crippen LogP contribution in [0.1, 0.15) is 51.4 Å². The predicted molar refractivity (Wildman–Crippen MR) is 83.3 cm³/mol. The summed E-state index contributed by atoms with van der Waals surface area (Å²) in [5.41, 5.74) is 0. The van der Waals surface area contributed by atoms with E-state index in [0.29, 0.717) is 29.8 Å². The van der Waals surface area contributed by atoms with Gasteiger partial charge in [0, 0.05) is 38.1 Å². The van der Waals surface area contributed by atoms with Crippen LogP contribution in [0.25, 0.3) is 0 Å². The standard InChI is InChI=1S/C17H27N3O2/c21-16-7-3-6-15-13-8-12(10-20(15)16)9-19(11-13)17(22)18-14-4-1-2-5-14/h12-15H,1-11H2,(H,18,22)/t12-,13-,15-/m1/s1. The van der Waals surface area contributed by atoms with Crippen molar-refractivity contribution in [2.75, 3.05) is 19.6 Å². The van der Waals surface area contributed by atoms with Crippen molar-refractivity contribution < 1.29 is 9.59 Å². The lowest BCUT2D eigenvalue weighted by molar-refractivity contribution is -0.144. The molecular formula is C17H27N3O2. The summed E-state index contributed by atoms with van der Waals surface area (Å²) in [6.45, 7) is 2.53. The van der Waals surface area contributed by atoms with Gasteiger partial charge in [-0.25, -0.2) is 4.79 Å². The van der Waals surface area contributed by atoms with E-state index in [0.717, 1.165) is 51.7 Å². The summed E-state index contributed by atoms with van der Waals surface area (Å²) < 4.78 is 0. The Balaban J connectivity index is 1.41. The van der Waals surface area contributed by atoms with E-state index in [2.05, 4.69) is 10.2 Å². The van der Waals surface area contributed by atoms with Gasteiger partial charge in [-0.15, -0.1) is 0 Å². The van der Waals surface area contributed by atoms with Crippen LogP contribution in [0.2, 0.25) is 0 Å². The van der Waals surface area contributed by atoms with Crippen LogP contribution in [-0.4, -0.2) is 53.5 Å². The van der Waals surface area contributed by atoms with Crippen LogP contribution in [0, 0.1) is 11.8 Å². The van der Waals surface area contributed by atoms with E-state index >= 15 is 0 Å². The zero-order valence-corrected chi connectivity index (χ0v) is 13.3. The number of amides is 3. The largest absolute Gasteiger partial charge is 0.339 e. The fourth-order valence-electron chi connectivity index (χ4n) is 5.11. The van der Waals surface area contributed by atoms with Crippen molar-refractivity contribution in [2.45, 2.75) is 63.5 Å². The molecule has 0 aromatic carbocycles. The summed E-state index contributed by atoms with van der Waals surface area (Å²) in [5.74, 6) is 1.31. The molecule has 0 aromatic heterocycles. The highest BCUT2D eigenvalue weighted by molar-refractivity contribution is 5.78. The van der Waals surface area contributed by atoms with E-state index in [9.17, 15) is 9.59 Å². The number of fused-ring (bicyclic) bond motifs is 4. The van der Waals surface area contributed by atoms with Crippen LogP contribution < -0.4 is 5.32 Å². The van der Waals surface area contributed by atoms with Gasteiger partial charge in [0.2, 0.25) is 5.91 Å². The second-order valence-corrected chi connectivity index (χ2v) is 7.70. The van der Waals surface area contributed by atoms with Gasteiger partial charge in [-0.1, -0.05) is 12.8 Å². The number of piperidine rings is 3. The summed E-state index contributed by atoms with van der Waals surface area (Å²) in [7, 11) is 0. The Bertz CT molecular complexity index is 461. The molecule has 3 heterocycles. The summed E-state index contributed by atoms with van der Waals surface area (Å²) in [4.78, 5) is 28.9. The van der Waals surface area contributed by atoms with Gasteiger partial charge in [-0.3, -0.25) is 4.79 Å². The zero-order chi connectivity index (χ0) is 15.1. The molecule has 0 radical (unpaired) electrons. The normalized spacial score (nSPS) is 35.5. The zero-order valence-electron chi connectivity index (χ0n) is 13.3. The van der Waals surface area contributed by atoms with E-state index in [1.54, 1.807) is 0 Å². The van der Waals surface area contributed by atoms with E-state index < -0.39 is 0 Å². The molecule has 122 valence electrons. The van der Waals surface area contributed by atoms with Gasteiger partial charge < -0.3 is 15.1 Å². The van der Waals surface area contributed by atoms with Crippen molar-refractivity contribution >= 4 is 11.9 Å². The molecule has 0 spiro atoms. The van der Waals surface area contributed by atoms with Crippen molar-refractivity contribution in [3.63, 3.8) is 0 Å². The van der Waals surface area contributed by atoms with Crippen molar-refractivity contribution in [1.29, 1.82) is 0 Å². The molecule has 3 saturated heterocycles. The SMILES string of the molecule is O=C(NC1CCCC1)N1C[C@H]2C[C@H](C1)[C@H]1CCCC(=O)N1C2. The number of nitrogens with zero attached hydrogens (tertiary/aromatic N) is 2. The highest BCUT2D eigenvalue weighted by Crippen LogP contribution is 2.37. The number of urea groups is 1. The minimum Gasteiger partial charge on any atom is -0.339 e. The number of likely N-dealkylation sites (tertiary alicyclic amines) is 1. The molecule has 5 nitrogen and oxygen atoms in total. The lowest BCUT2D eigenvalue weighted by Crippen LogP contribution is -2.62. The van der Waals surface area contributed by atoms with Crippen molar-refractivity contribution in [1.82, 2.24) is 15.1 Å². The topological polar surface area (TPSA) is 52.7 Å². The van der Waals surface area contributed by atoms with Gasteiger partial charge in [0.25, 0.3) is 0 Å². The molecular weight excluding hydrogens is 278 g/mol. The minimum atomic E-state index is 0.136. The lowest BCUT2D eigenvalue weighted by Gasteiger charge is -2.52. The van der Waals surface area contributed by atoms with E-state index in [-0.39, 0.29) is 6.03 Å². The first-order valence-electron chi connectivity index (χ1n) is 9.05. The van der Waals surface area contributed by atoms with Gasteiger partial charge in [0.05, 0.1) is 0 Å². The van der Waals surface area contributed by atoms with Gasteiger partial charge in [-0.2, -0.15) is 0 Å². The first-order chi connectivity index (χ1) is 10.7. The lowest BCUT2D eigenvalue weighted by atomic mass is 9.76. The van der Waals surface area contributed by atoms with Crippen LogP contribution in [-0.2, 0) is 4.79 Å². The molecule has 22 heavy (non-hydrogen) atoms. The van der Waals surface area contributed by atoms with Crippen LogP contribution in [0.15, 0.2) is 0 Å². The highest BCUT2D eigenvalue weighted by atomic mass is 16.2. The maximum atomic E-state index is 12.5. The number of rotatable bonds is 1. The molecule has 0 unspecified atom stereocenters. The highest BCUT2D eigenvalue weighted by Gasteiger charge is 2.44. The molecule has 3 amide bonds. The second-order valence-electron chi connectivity index (χ2n) is 7.70. The molecule has 2 bridgehead atoms. The average Bonchev–Trinajstić information content (AvgIpc) is 3.01. The minimum absolute atomic E-state index is 0.136. The molecule has 4 aliphatic rings. The van der Waals surface area contributed by atoms with Crippen LogP contribution in [0.4, 0.5) is 4.79 Å². The Hall–Kier alpha value is -1.26. The summed E-state index contributed by atoms with van der Waals surface area (Å²) in [5, 5.41) is 3.23. The number of carbonyl (C=O) groups excluding carboxylic acids is 2. The number of nitrogens with one attached hydrogen (secondary N) is 1. The molecule has 3 atom stereocenters. The van der Waals surface area contributed by atoms with Gasteiger partial charge in [0.15, 0.2) is 0 Å². The maximum Gasteiger partial charge on any atom is 0.317 e. The first kappa shape index (κ1) is 14.3. The van der Waals surface area contributed by atoms with Crippen LogP contribution >= 0.6 is 0 Å². The molecule has 1 aliphatic carbocycles. The van der Waals surface area contributed by atoms with Gasteiger partial charge in [0.1, 0.15) is 0 Å². The van der Waals surface area contributed by atoms with E-state index in [1.807, 2.05) is 4.90 Å². The predicted octanol–water partition coefficient (Wildman–Crippen LogP) is 1.97. The smallest absolute Gasteiger partial charge is 0.317 e. The Morgan fingerprint density at radius 1 is 1.05 bits per heavy atom. The van der Waals surface area contributed by atoms with E-state index in [1.165, 1.54) is 19.3 Å². The third kappa shape index (κ3) is 2.59. The van der Waals surface area contributed by atoms with Gasteiger partial charge >= 0.3 is 6.03 Å². The molecule has 0 aromatic rings. The number of hydrogen-bond donors (Lipinski definition) is 1. The first-order valence-corrected chi connectivity index (χ1v) is 9.05. The molecule has 1 N–H and O–H groups in total. The summed E-state index contributed by atoms with van der Waals surface area (Å²) in [6, 6.07) is 0.916. The fraction of sp³-hybridized carbons (Fsp3) is 0.882. The van der Waals surface area contributed by atoms with Gasteiger partial charge in [-0.05, 0) is 43.9 Å². The summed E-state index contributed by atoms with van der Waals surface area (Å²) in [6.07, 6.45) is 8.83. The summed E-state index contributed by atoms with van der Waals surface area (Å²) >= 11 is 0. The van der Waals surface area contributed by atoms with Crippen LogP contribution in [0.3, 0.4) is 0 Å². The molecule has 3 aliphatic heterocycles. The number of hydrogen-bond acceptors (Lipinski definition) is 2. The Kier molecular flexibility index (Phi) is 3.74. The van der Waals surface area contributed by atoms with E-state index in [4.69, 9.17) is 0 Å². The molecule has 4 fully saturated rings. The average molecular weight is 305 g/mol. The number of carbonyl (C=O) groups is 2. The Morgan fingerprint density at radius 3 is 2.68 bits per heavy atom. The van der Waals surface area contributed by atoms with Crippen molar-refractivity contribution in [2.24, 2.45) is 11.8 Å². The van der Waals surface area contributed by atoms with Crippen LogP contribution in [0.5, 0.6) is 0 Å². The van der Waals surface area contributed by atoms with Crippen molar-refractivity contribution in [3.8, 4) is 0 Å². The van der Waals surface area contributed by atoms with Crippen molar-refractivity contribution in [3.05, 3.63) is 0 Å². The quantitative estimate of drug-likeness (QED) is 0.805. The Morgan fingerprint density at radius 2 is 1.86 bits per heavy atom. The molecule has 5 heteroatoms. The fourth-order valence-corrected chi connectivity index (χ4v) is 5.11. The monoisotopic (exact) mass is 305 g/mol.